The summed E-state index contributed by atoms with van der Waals surface area (Å²) in [6.45, 7) is 0.963. The summed E-state index contributed by atoms with van der Waals surface area (Å²) in [5.41, 5.74) is 7.09. The van der Waals surface area contributed by atoms with Gasteiger partial charge in [0.15, 0.2) is 0 Å². The number of ether oxygens (including phenoxy) is 1. The Morgan fingerprint density at radius 3 is 1.81 bits per heavy atom. The van der Waals surface area contributed by atoms with Gasteiger partial charge < -0.3 is 26.4 Å². The fourth-order valence-corrected chi connectivity index (χ4v) is 2.81. The van der Waals surface area contributed by atoms with Crippen LogP contribution in [-0.2, 0) is 9.53 Å². The third kappa shape index (κ3) is 5.19. The van der Waals surface area contributed by atoms with Gasteiger partial charge in [0.1, 0.15) is 5.54 Å². The Bertz CT molecular complexity index is 803. The first kappa shape index (κ1) is 19.2. The first-order chi connectivity index (χ1) is 12.9. The van der Waals surface area contributed by atoms with Gasteiger partial charge in [-0.05, 0) is 61.4 Å². The Morgan fingerprint density at radius 1 is 0.852 bits per heavy atom. The number of nitrogens with two attached hydrogens (primary N) is 1. The molecule has 5 N–H and O–H groups in total. The molecule has 8 heteroatoms. The molecule has 2 aromatic rings. The van der Waals surface area contributed by atoms with Crippen LogP contribution in [0, 0.1) is 0 Å². The predicted molar refractivity (Wildman–Crippen MR) is 106 cm³/mol. The van der Waals surface area contributed by atoms with Crippen molar-refractivity contribution >= 4 is 40.6 Å². The number of anilines is 3. The zero-order chi connectivity index (χ0) is 19.3. The molecule has 3 amide bonds. The molecular formula is C19H21ClN4O3. The second kappa shape index (κ2) is 8.39. The van der Waals surface area contributed by atoms with E-state index < -0.39 is 5.54 Å². The monoisotopic (exact) mass is 388 g/mol. The number of hydrogen-bond donors (Lipinski definition) is 4. The summed E-state index contributed by atoms with van der Waals surface area (Å²) in [5, 5.41) is 8.84. The van der Waals surface area contributed by atoms with Crippen molar-refractivity contribution in [3.8, 4) is 0 Å². The molecule has 0 atom stereocenters. The second-order valence-electron chi connectivity index (χ2n) is 6.39. The lowest BCUT2D eigenvalue weighted by Crippen LogP contribution is -2.54. The van der Waals surface area contributed by atoms with Crippen LogP contribution in [0.15, 0.2) is 48.5 Å². The molecule has 3 rings (SSSR count). The highest BCUT2D eigenvalue weighted by molar-refractivity contribution is 6.30. The largest absolute Gasteiger partial charge is 0.381 e. The van der Waals surface area contributed by atoms with E-state index in [1.165, 1.54) is 0 Å². The summed E-state index contributed by atoms with van der Waals surface area (Å²) in [7, 11) is 0. The number of carbonyl (C=O) groups is 2. The maximum atomic E-state index is 12.4. The summed E-state index contributed by atoms with van der Waals surface area (Å²) in [6, 6.07) is 13.2. The van der Waals surface area contributed by atoms with Gasteiger partial charge in [-0.2, -0.15) is 0 Å². The molecule has 7 nitrogen and oxygen atoms in total. The summed E-state index contributed by atoms with van der Waals surface area (Å²) >= 11 is 5.81. The summed E-state index contributed by atoms with van der Waals surface area (Å²) in [4.78, 5) is 24.4. The third-order valence-corrected chi connectivity index (χ3v) is 4.59. The van der Waals surface area contributed by atoms with Gasteiger partial charge in [-0.25, -0.2) is 4.79 Å². The van der Waals surface area contributed by atoms with Gasteiger partial charge in [-0.15, -0.1) is 0 Å². The fraction of sp³-hybridized carbons (Fsp3) is 0.263. The number of carbonyl (C=O) groups excluding carboxylic acids is 2. The van der Waals surface area contributed by atoms with Crippen LogP contribution in [0.25, 0.3) is 0 Å². The summed E-state index contributed by atoms with van der Waals surface area (Å²) < 4.78 is 5.25. The van der Waals surface area contributed by atoms with Crippen LogP contribution in [0.5, 0.6) is 0 Å². The first-order valence-corrected chi connectivity index (χ1v) is 8.94. The SMILES string of the molecule is NC1(C(=O)Nc2ccc(NC(=O)Nc3ccc(Cl)cc3)cc2)CCOCC1. The highest BCUT2D eigenvalue weighted by Gasteiger charge is 2.35. The average Bonchev–Trinajstić information content (AvgIpc) is 2.66. The Labute approximate surface area is 162 Å². The Kier molecular flexibility index (Phi) is 5.95. The normalized spacial score (nSPS) is 15.6. The molecule has 0 bridgehead atoms. The van der Waals surface area contributed by atoms with Crippen LogP contribution in [0.3, 0.4) is 0 Å². The van der Waals surface area contributed by atoms with E-state index in [0.717, 1.165) is 0 Å². The molecule has 142 valence electrons. The summed E-state index contributed by atoms with van der Waals surface area (Å²) in [5.74, 6) is -0.230. The lowest BCUT2D eigenvalue weighted by Gasteiger charge is -2.31. The van der Waals surface area contributed by atoms with E-state index in [9.17, 15) is 9.59 Å². The summed E-state index contributed by atoms with van der Waals surface area (Å²) in [6.07, 6.45) is 0.979. The van der Waals surface area contributed by atoms with Crippen molar-refractivity contribution in [1.29, 1.82) is 0 Å². The molecular weight excluding hydrogens is 368 g/mol. The van der Waals surface area contributed by atoms with Crippen molar-refractivity contribution in [2.75, 3.05) is 29.2 Å². The van der Waals surface area contributed by atoms with Crippen LogP contribution in [0.2, 0.25) is 5.02 Å². The zero-order valence-corrected chi connectivity index (χ0v) is 15.4. The fourth-order valence-electron chi connectivity index (χ4n) is 2.68. The van der Waals surface area contributed by atoms with Crippen molar-refractivity contribution in [3.05, 3.63) is 53.6 Å². The maximum Gasteiger partial charge on any atom is 0.323 e. The van der Waals surface area contributed by atoms with Gasteiger partial charge >= 0.3 is 6.03 Å². The van der Waals surface area contributed by atoms with Crippen LogP contribution in [0.4, 0.5) is 21.9 Å². The molecule has 1 heterocycles. The van der Waals surface area contributed by atoms with E-state index >= 15 is 0 Å². The number of nitrogens with one attached hydrogen (secondary N) is 3. The molecule has 0 saturated carbocycles. The van der Waals surface area contributed by atoms with Crippen LogP contribution in [0.1, 0.15) is 12.8 Å². The first-order valence-electron chi connectivity index (χ1n) is 8.56. The van der Waals surface area contributed by atoms with Gasteiger partial charge in [-0.1, -0.05) is 11.6 Å². The van der Waals surface area contributed by atoms with Gasteiger partial charge in [-0.3, -0.25) is 4.79 Å². The number of halogens is 1. The second-order valence-corrected chi connectivity index (χ2v) is 6.82. The standard InChI is InChI=1S/C19H21ClN4O3/c20-13-1-3-15(4-2-13)23-18(26)24-16-7-5-14(6-8-16)22-17(25)19(21)9-11-27-12-10-19/h1-8H,9-12,21H2,(H,22,25)(H2,23,24,26). The maximum absolute atomic E-state index is 12.4. The molecule has 1 saturated heterocycles. The van der Waals surface area contributed by atoms with E-state index in [2.05, 4.69) is 16.0 Å². The number of amides is 3. The Balaban J connectivity index is 1.54. The van der Waals surface area contributed by atoms with Crippen molar-refractivity contribution in [3.63, 3.8) is 0 Å². The Morgan fingerprint density at radius 2 is 1.30 bits per heavy atom. The molecule has 27 heavy (non-hydrogen) atoms. The predicted octanol–water partition coefficient (Wildman–Crippen LogP) is 3.43. The van der Waals surface area contributed by atoms with Crippen LogP contribution in [-0.4, -0.2) is 30.7 Å². The topological polar surface area (TPSA) is 105 Å². The number of benzene rings is 2. The smallest absolute Gasteiger partial charge is 0.323 e. The molecule has 0 unspecified atom stereocenters. The molecule has 1 aliphatic heterocycles. The van der Waals surface area contributed by atoms with Gasteiger partial charge in [0.05, 0.1) is 0 Å². The minimum atomic E-state index is -0.909. The molecule has 0 radical (unpaired) electrons. The van der Waals surface area contributed by atoms with Gasteiger partial charge in [0.2, 0.25) is 5.91 Å². The number of rotatable bonds is 4. The molecule has 1 aliphatic rings. The van der Waals surface area contributed by atoms with E-state index in [-0.39, 0.29) is 11.9 Å². The molecule has 0 spiro atoms. The minimum Gasteiger partial charge on any atom is -0.381 e. The highest BCUT2D eigenvalue weighted by Crippen LogP contribution is 2.21. The molecule has 0 aromatic heterocycles. The molecule has 0 aliphatic carbocycles. The number of hydrogen-bond acceptors (Lipinski definition) is 4. The van der Waals surface area contributed by atoms with Crippen molar-refractivity contribution in [2.24, 2.45) is 5.73 Å². The van der Waals surface area contributed by atoms with Crippen LogP contribution >= 0.6 is 11.6 Å². The van der Waals surface area contributed by atoms with Crippen LogP contribution < -0.4 is 21.7 Å². The van der Waals surface area contributed by atoms with E-state index in [4.69, 9.17) is 22.1 Å². The molecule has 2 aromatic carbocycles. The van der Waals surface area contributed by atoms with E-state index in [1.807, 2.05) is 0 Å². The van der Waals surface area contributed by atoms with Gasteiger partial charge in [0.25, 0.3) is 0 Å². The van der Waals surface area contributed by atoms with Crippen molar-refractivity contribution in [1.82, 2.24) is 0 Å². The van der Waals surface area contributed by atoms with Crippen molar-refractivity contribution in [2.45, 2.75) is 18.4 Å². The number of urea groups is 1. The highest BCUT2D eigenvalue weighted by atomic mass is 35.5. The minimum absolute atomic E-state index is 0.230. The van der Waals surface area contributed by atoms with E-state index in [1.54, 1.807) is 48.5 Å². The zero-order valence-electron chi connectivity index (χ0n) is 14.6. The van der Waals surface area contributed by atoms with Crippen molar-refractivity contribution < 1.29 is 14.3 Å². The quantitative estimate of drug-likeness (QED) is 0.643. The lowest BCUT2D eigenvalue weighted by atomic mass is 9.90. The Hall–Kier alpha value is -2.61. The van der Waals surface area contributed by atoms with Gasteiger partial charge in [0, 0.05) is 35.3 Å². The average molecular weight is 389 g/mol. The molecule has 1 fully saturated rings. The third-order valence-electron chi connectivity index (χ3n) is 4.34. The lowest BCUT2D eigenvalue weighted by molar-refractivity contribution is -0.124. The van der Waals surface area contributed by atoms with E-state index in [0.29, 0.717) is 48.1 Å².